The summed E-state index contributed by atoms with van der Waals surface area (Å²) in [4.78, 5) is 30.0. The highest BCUT2D eigenvalue weighted by Crippen LogP contribution is 2.44. The molecular weight excluding hydrogens is 436 g/mol. The Morgan fingerprint density at radius 3 is 2.79 bits per heavy atom. The van der Waals surface area contributed by atoms with Crippen molar-refractivity contribution in [1.29, 1.82) is 5.26 Å². The molecule has 1 saturated carbocycles. The van der Waals surface area contributed by atoms with Crippen molar-refractivity contribution in [2.75, 3.05) is 0 Å². The Morgan fingerprint density at radius 1 is 1.33 bits per heavy atom. The number of fused-ring (bicyclic) bond motifs is 2. The molecule has 2 fully saturated rings. The van der Waals surface area contributed by atoms with Gasteiger partial charge in [0.2, 0.25) is 0 Å². The second kappa shape index (κ2) is 9.30. The van der Waals surface area contributed by atoms with Crippen LogP contribution >= 0.6 is 11.3 Å². The van der Waals surface area contributed by atoms with E-state index in [1.807, 2.05) is 56.9 Å². The van der Waals surface area contributed by atoms with Gasteiger partial charge in [-0.1, -0.05) is 0 Å². The average molecular weight is 469 g/mol. The molecule has 176 valence electrons. The number of aromatic nitrogens is 2. The number of amides is 1. The van der Waals surface area contributed by atoms with E-state index in [-0.39, 0.29) is 24.2 Å². The van der Waals surface area contributed by atoms with Gasteiger partial charge in [0.1, 0.15) is 5.60 Å². The fourth-order valence-electron chi connectivity index (χ4n) is 5.06. The molecule has 1 amide bonds. The van der Waals surface area contributed by atoms with Crippen LogP contribution in [0.1, 0.15) is 58.3 Å². The summed E-state index contributed by atoms with van der Waals surface area (Å²) < 4.78 is 7.49. The van der Waals surface area contributed by atoms with Crippen molar-refractivity contribution in [2.24, 2.45) is 11.8 Å². The van der Waals surface area contributed by atoms with E-state index >= 15 is 0 Å². The number of carbonyl (C=O) groups is 2. The minimum absolute atomic E-state index is 0.0133. The molecule has 4 atom stereocenters. The van der Waals surface area contributed by atoms with E-state index in [1.54, 1.807) is 16.2 Å². The Bertz CT molecular complexity index is 1060. The number of Topliss-reactive ketones (excluding diaryl/α,β-unsaturated/α-hetero) is 1. The summed E-state index contributed by atoms with van der Waals surface area (Å²) in [5.41, 5.74) is 0.458. The van der Waals surface area contributed by atoms with Crippen LogP contribution in [0.4, 0.5) is 4.79 Å². The van der Waals surface area contributed by atoms with Crippen LogP contribution in [-0.4, -0.2) is 44.2 Å². The van der Waals surface area contributed by atoms with E-state index in [0.717, 1.165) is 41.1 Å². The van der Waals surface area contributed by atoms with E-state index in [4.69, 9.17) is 4.74 Å². The van der Waals surface area contributed by atoms with Gasteiger partial charge in [-0.2, -0.15) is 10.4 Å². The van der Waals surface area contributed by atoms with E-state index in [2.05, 4.69) is 11.2 Å². The molecule has 2 aliphatic rings. The van der Waals surface area contributed by atoms with Gasteiger partial charge in [0.05, 0.1) is 24.2 Å². The predicted molar refractivity (Wildman–Crippen MR) is 127 cm³/mol. The Labute approximate surface area is 199 Å². The number of hydrogen-bond acceptors (Lipinski definition) is 6. The van der Waals surface area contributed by atoms with E-state index in [0.29, 0.717) is 6.42 Å². The number of rotatable bonds is 7. The van der Waals surface area contributed by atoms with Crippen molar-refractivity contribution < 1.29 is 14.3 Å². The molecule has 1 saturated heterocycles. The summed E-state index contributed by atoms with van der Waals surface area (Å²) in [6.45, 7) is 8.38. The lowest BCUT2D eigenvalue weighted by Crippen LogP contribution is -2.51. The van der Waals surface area contributed by atoms with Crippen LogP contribution in [0.5, 0.6) is 0 Å². The lowest BCUT2D eigenvalue weighted by Gasteiger charge is -2.35. The van der Waals surface area contributed by atoms with Gasteiger partial charge in [-0.3, -0.25) is 14.4 Å². The number of thiophene rings is 1. The lowest BCUT2D eigenvalue weighted by atomic mass is 9.89. The van der Waals surface area contributed by atoms with Crippen molar-refractivity contribution in [3.8, 4) is 16.5 Å². The number of hydrogen-bond donors (Lipinski definition) is 0. The summed E-state index contributed by atoms with van der Waals surface area (Å²) in [6.07, 6.45) is 6.88. The SMILES string of the molecule is CCn1cc(-c2ccc(C[C@@H](C#N)CC(=O)[C@@H]3[C@H]4CC[C@H](C4)N3C(=O)OC(C)(C)C)s2)cn1. The first-order chi connectivity index (χ1) is 15.7. The quantitative estimate of drug-likeness (QED) is 0.567. The maximum Gasteiger partial charge on any atom is 0.411 e. The number of nitrogens with zero attached hydrogens (tertiary/aromatic N) is 4. The number of ketones is 1. The van der Waals surface area contributed by atoms with E-state index in [1.165, 1.54) is 0 Å². The van der Waals surface area contributed by atoms with Gasteiger partial charge in [0.25, 0.3) is 0 Å². The summed E-state index contributed by atoms with van der Waals surface area (Å²) in [7, 11) is 0. The molecule has 0 spiro atoms. The maximum atomic E-state index is 13.3. The minimum Gasteiger partial charge on any atom is -0.444 e. The predicted octanol–water partition coefficient (Wildman–Crippen LogP) is 5.06. The van der Waals surface area contributed by atoms with Gasteiger partial charge in [-0.05, 0) is 71.4 Å². The van der Waals surface area contributed by atoms with Gasteiger partial charge in [0.15, 0.2) is 5.78 Å². The van der Waals surface area contributed by atoms with Crippen molar-refractivity contribution in [1.82, 2.24) is 14.7 Å². The second-order valence-corrected chi connectivity index (χ2v) is 11.3. The van der Waals surface area contributed by atoms with Crippen molar-refractivity contribution in [3.63, 3.8) is 0 Å². The molecule has 4 rings (SSSR count). The van der Waals surface area contributed by atoms with Crippen LogP contribution in [0.25, 0.3) is 10.4 Å². The Hall–Kier alpha value is -2.66. The zero-order valence-corrected chi connectivity index (χ0v) is 20.6. The molecule has 0 aromatic carbocycles. The van der Waals surface area contributed by atoms with Crippen molar-refractivity contribution in [3.05, 3.63) is 29.4 Å². The molecule has 0 unspecified atom stereocenters. The molecule has 2 bridgehead atoms. The number of piperidine rings is 1. The lowest BCUT2D eigenvalue weighted by molar-refractivity contribution is -0.126. The molecule has 1 aliphatic carbocycles. The second-order valence-electron chi connectivity index (χ2n) is 10.1. The molecule has 8 heteroatoms. The van der Waals surface area contributed by atoms with Crippen LogP contribution in [0.2, 0.25) is 0 Å². The maximum absolute atomic E-state index is 13.3. The molecule has 1 aliphatic heterocycles. The van der Waals surface area contributed by atoms with Crippen molar-refractivity contribution >= 4 is 23.2 Å². The zero-order chi connectivity index (χ0) is 23.8. The zero-order valence-electron chi connectivity index (χ0n) is 19.8. The third-order valence-corrected chi connectivity index (χ3v) is 7.66. The Morgan fingerprint density at radius 2 is 2.12 bits per heavy atom. The highest BCUT2D eigenvalue weighted by molar-refractivity contribution is 7.15. The first kappa shape index (κ1) is 23.5. The van der Waals surface area contributed by atoms with Gasteiger partial charge < -0.3 is 4.74 Å². The normalized spacial score (nSPS) is 22.9. The van der Waals surface area contributed by atoms with Gasteiger partial charge in [-0.15, -0.1) is 11.3 Å². The fraction of sp³-hybridized carbons (Fsp3) is 0.600. The molecule has 7 nitrogen and oxygen atoms in total. The minimum atomic E-state index is -0.605. The van der Waals surface area contributed by atoms with Crippen LogP contribution < -0.4 is 0 Å². The van der Waals surface area contributed by atoms with Crippen LogP contribution in [0.3, 0.4) is 0 Å². The number of aryl methyl sites for hydroxylation is 1. The Kier molecular flexibility index (Phi) is 6.62. The molecule has 0 radical (unpaired) electrons. The molecule has 3 heterocycles. The highest BCUT2D eigenvalue weighted by atomic mass is 32.1. The largest absolute Gasteiger partial charge is 0.444 e. The number of likely N-dealkylation sites (tertiary alicyclic amines) is 1. The highest BCUT2D eigenvalue weighted by Gasteiger charge is 2.52. The first-order valence-corrected chi connectivity index (χ1v) is 12.5. The van der Waals surface area contributed by atoms with Crippen LogP contribution in [0.15, 0.2) is 24.5 Å². The summed E-state index contributed by atoms with van der Waals surface area (Å²) in [5.74, 6) is -0.250. The molecular formula is C25H32N4O3S. The molecule has 2 aromatic heterocycles. The summed E-state index contributed by atoms with van der Waals surface area (Å²) >= 11 is 1.64. The van der Waals surface area contributed by atoms with E-state index < -0.39 is 23.7 Å². The molecule has 2 aromatic rings. The topological polar surface area (TPSA) is 88.2 Å². The monoisotopic (exact) mass is 468 g/mol. The van der Waals surface area contributed by atoms with Gasteiger partial charge >= 0.3 is 6.09 Å². The van der Waals surface area contributed by atoms with Gasteiger partial charge in [0, 0.05) is 40.5 Å². The fourth-order valence-corrected chi connectivity index (χ4v) is 6.12. The molecule has 33 heavy (non-hydrogen) atoms. The standard InChI is InChI=1S/C25H32N4O3S/c1-5-28-15-18(14-27-28)22-9-8-20(33-22)10-16(13-26)11-21(30)23-17-6-7-19(12-17)29(23)24(31)32-25(2,3)4/h8-9,14-17,19,23H,5-7,10-12H2,1-4H3/t16-,17+,19-,23+/m1/s1. The van der Waals surface area contributed by atoms with Crippen molar-refractivity contribution in [2.45, 2.75) is 84.0 Å². The van der Waals surface area contributed by atoms with E-state index in [9.17, 15) is 14.9 Å². The average Bonchev–Trinajstić information content (AvgIpc) is 3.54. The third-order valence-electron chi connectivity index (χ3n) is 6.50. The number of ether oxygens (including phenoxy) is 1. The van der Waals surface area contributed by atoms with Crippen LogP contribution in [0, 0.1) is 23.2 Å². The summed E-state index contributed by atoms with van der Waals surface area (Å²) in [6, 6.07) is 6.02. The number of carbonyl (C=O) groups excluding carboxylic acids is 2. The van der Waals surface area contributed by atoms with Crippen LogP contribution in [-0.2, 0) is 22.5 Å². The third kappa shape index (κ3) is 5.14. The first-order valence-electron chi connectivity index (χ1n) is 11.7. The Balaban J connectivity index is 1.42. The van der Waals surface area contributed by atoms with Gasteiger partial charge in [-0.25, -0.2) is 4.79 Å². The molecule has 0 N–H and O–H groups in total. The summed E-state index contributed by atoms with van der Waals surface area (Å²) in [5, 5.41) is 14.1. The number of nitriles is 1. The smallest absolute Gasteiger partial charge is 0.411 e.